The molecular weight excluding hydrogens is 290 g/mol. The van der Waals surface area contributed by atoms with E-state index in [9.17, 15) is 8.42 Å². The van der Waals surface area contributed by atoms with E-state index in [0.717, 1.165) is 31.7 Å². The Balaban J connectivity index is 2.44. The van der Waals surface area contributed by atoms with Gasteiger partial charge in [0.1, 0.15) is 11.5 Å². The number of aryl methyl sites for hydroxylation is 1. The molecule has 0 amide bonds. The fraction of sp³-hybridized carbons (Fsp3) is 0.714. The van der Waals surface area contributed by atoms with E-state index in [2.05, 4.69) is 17.0 Å². The highest BCUT2D eigenvalue weighted by Crippen LogP contribution is 2.16. The maximum Gasteiger partial charge on any atom is 0.279 e. The van der Waals surface area contributed by atoms with E-state index in [1.165, 1.54) is 4.31 Å². The average Bonchev–Trinajstić information content (AvgIpc) is 2.84. The van der Waals surface area contributed by atoms with Crippen LogP contribution in [0.4, 0.5) is 0 Å². The van der Waals surface area contributed by atoms with Gasteiger partial charge in [-0.3, -0.25) is 0 Å². The molecule has 1 rings (SSSR count). The predicted molar refractivity (Wildman–Crippen MR) is 84.3 cm³/mol. The summed E-state index contributed by atoms with van der Waals surface area (Å²) in [5.74, 6) is 1.39. The molecule has 1 unspecified atom stereocenters. The summed E-state index contributed by atoms with van der Waals surface area (Å²) in [7, 11) is -1.91. The largest absolute Gasteiger partial charge is 0.465 e. The molecule has 0 aliphatic heterocycles. The van der Waals surface area contributed by atoms with Crippen LogP contribution in [-0.2, 0) is 10.2 Å². The maximum absolute atomic E-state index is 12.2. The molecule has 122 valence electrons. The Morgan fingerprint density at radius 1 is 1.33 bits per heavy atom. The van der Waals surface area contributed by atoms with Crippen LogP contribution in [0.2, 0.25) is 0 Å². The number of nitrogens with one attached hydrogen (secondary N) is 2. The predicted octanol–water partition coefficient (Wildman–Crippen LogP) is 1.80. The van der Waals surface area contributed by atoms with Crippen LogP contribution in [0.1, 0.15) is 44.3 Å². The van der Waals surface area contributed by atoms with Crippen molar-refractivity contribution in [2.45, 2.75) is 39.7 Å². The summed E-state index contributed by atoms with van der Waals surface area (Å²) in [6.07, 6.45) is 1.86. The maximum atomic E-state index is 12.2. The van der Waals surface area contributed by atoms with Crippen molar-refractivity contribution in [3.8, 4) is 0 Å². The standard InChI is InChI=1S/C14H27N3O3S/c1-5-9-15-10-6-11-17(4)21(18,19)16-13(3)14-8-7-12(2)20-14/h7-8,13,15-16H,5-6,9-11H2,1-4H3. The van der Waals surface area contributed by atoms with Crippen LogP contribution in [0, 0.1) is 6.92 Å². The Kier molecular flexibility index (Phi) is 7.37. The molecule has 0 saturated carbocycles. The summed E-state index contributed by atoms with van der Waals surface area (Å²) in [6.45, 7) is 7.97. The lowest BCUT2D eigenvalue weighted by molar-refractivity contribution is 0.413. The topological polar surface area (TPSA) is 74.6 Å². The van der Waals surface area contributed by atoms with E-state index in [0.29, 0.717) is 12.3 Å². The van der Waals surface area contributed by atoms with Crippen LogP contribution >= 0.6 is 0 Å². The molecule has 0 saturated heterocycles. The summed E-state index contributed by atoms with van der Waals surface area (Å²) < 4.78 is 33.8. The lowest BCUT2D eigenvalue weighted by Gasteiger charge is -2.20. The van der Waals surface area contributed by atoms with Gasteiger partial charge in [0.2, 0.25) is 0 Å². The van der Waals surface area contributed by atoms with Gasteiger partial charge in [-0.15, -0.1) is 0 Å². The highest BCUT2D eigenvalue weighted by molar-refractivity contribution is 7.87. The normalized spacial score (nSPS) is 13.8. The van der Waals surface area contributed by atoms with E-state index in [1.807, 2.05) is 13.0 Å². The molecule has 1 aromatic heterocycles. The highest BCUT2D eigenvalue weighted by Gasteiger charge is 2.22. The first-order valence-electron chi connectivity index (χ1n) is 7.37. The minimum atomic E-state index is -3.50. The summed E-state index contributed by atoms with van der Waals surface area (Å²) in [4.78, 5) is 0. The molecule has 0 aliphatic rings. The van der Waals surface area contributed by atoms with Crippen molar-refractivity contribution in [1.29, 1.82) is 0 Å². The van der Waals surface area contributed by atoms with E-state index in [-0.39, 0.29) is 6.04 Å². The van der Waals surface area contributed by atoms with Crippen LogP contribution in [0.15, 0.2) is 16.5 Å². The minimum Gasteiger partial charge on any atom is -0.465 e. The van der Waals surface area contributed by atoms with Gasteiger partial charge in [0.25, 0.3) is 10.2 Å². The molecule has 1 aromatic rings. The molecule has 7 heteroatoms. The van der Waals surface area contributed by atoms with Crippen molar-refractivity contribution < 1.29 is 12.8 Å². The fourth-order valence-electron chi connectivity index (χ4n) is 1.91. The second-order valence-electron chi connectivity index (χ2n) is 5.22. The Hall–Kier alpha value is -0.890. The highest BCUT2D eigenvalue weighted by atomic mass is 32.2. The van der Waals surface area contributed by atoms with Crippen molar-refractivity contribution in [2.75, 3.05) is 26.7 Å². The van der Waals surface area contributed by atoms with Gasteiger partial charge in [0.15, 0.2) is 0 Å². The van der Waals surface area contributed by atoms with Crippen LogP contribution in [0.5, 0.6) is 0 Å². The van der Waals surface area contributed by atoms with Crippen molar-refractivity contribution >= 4 is 10.2 Å². The number of nitrogens with zero attached hydrogens (tertiary/aromatic N) is 1. The first kappa shape index (κ1) is 18.2. The van der Waals surface area contributed by atoms with Gasteiger partial charge in [0, 0.05) is 13.6 Å². The van der Waals surface area contributed by atoms with Crippen molar-refractivity contribution in [2.24, 2.45) is 0 Å². The van der Waals surface area contributed by atoms with E-state index in [4.69, 9.17) is 4.42 Å². The van der Waals surface area contributed by atoms with E-state index in [1.54, 1.807) is 20.0 Å². The molecule has 0 aromatic carbocycles. The molecule has 0 spiro atoms. The van der Waals surface area contributed by atoms with Crippen molar-refractivity contribution in [3.05, 3.63) is 23.7 Å². The Morgan fingerprint density at radius 2 is 2.05 bits per heavy atom. The Labute approximate surface area is 128 Å². The lowest BCUT2D eigenvalue weighted by atomic mass is 10.3. The zero-order valence-corrected chi connectivity index (χ0v) is 14.2. The molecule has 2 N–H and O–H groups in total. The third-order valence-corrected chi connectivity index (χ3v) is 4.83. The zero-order chi connectivity index (χ0) is 15.9. The first-order valence-corrected chi connectivity index (χ1v) is 8.81. The van der Waals surface area contributed by atoms with Gasteiger partial charge in [-0.25, -0.2) is 0 Å². The van der Waals surface area contributed by atoms with Gasteiger partial charge in [-0.1, -0.05) is 6.92 Å². The fourth-order valence-corrected chi connectivity index (χ4v) is 3.02. The molecule has 0 radical (unpaired) electrons. The van der Waals surface area contributed by atoms with Gasteiger partial charge >= 0.3 is 0 Å². The van der Waals surface area contributed by atoms with E-state index >= 15 is 0 Å². The SMILES string of the molecule is CCCNCCCN(C)S(=O)(=O)NC(C)c1ccc(C)o1. The molecule has 0 aliphatic carbocycles. The third kappa shape index (κ3) is 6.17. The molecule has 1 atom stereocenters. The molecule has 6 nitrogen and oxygen atoms in total. The number of rotatable bonds is 10. The second-order valence-corrected chi connectivity index (χ2v) is 7.03. The summed E-state index contributed by atoms with van der Waals surface area (Å²) in [5.41, 5.74) is 0. The molecular formula is C14H27N3O3S. The van der Waals surface area contributed by atoms with Crippen molar-refractivity contribution in [3.63, 3.8) is 0 Å². The first-order chi connectivity index (χ1) is 9.86. The lowest BCUT2D eigenvalue weighted by Crippen LogP contribution is -2.40. The van der Waals surface area contributed by atoms with Crippen LogP contribution in [0.3, 0.4) is 0 Å². The summed E-state index contributed by atoms with van der Waals surface area (Å²) in [5, 5.41) is 3.25. The zero-order valence-electron chi connectivity index (χ0n) is 13.3. The van der Waals surface area contributed by atoms with Gasteiger partial charge in [-0.05, 0) is 51.9 Å². The molecule has 0 bridgehead atoms. The van der Waals surface area contributed by atoms with Crippen LogP contribution < -0.4 is 10.0 Å². The van der Waals surface area contributed by atoms with Gasteiger partial charge in [0.05, 0.1) is 6.04 Å². The van der Waals surface area contributed by atoms with Crippen LogP contribution in [0.25, 0.3) is 0 Å². The Bertz CT molecular complexity index is 513. The molecule has 1 heterocycles. The van der Waals surface area contributed by atoms with Crippen molar-refractivity contribution in [1.82, 2.24) is 14.3 Å². The number of hydrogen-bond acceptors (Lipinski definition) is 4. The molecule has 21 heavy (non-hydrogen) atoms. The summed E-state index contributed by atoms with van der Waals surface area (Å²) in [6, 6.07) is 3.23. The van der Waals surface area contributed by atoms with Gasteiger partial charge in [-0.2, -0.15) is 17.4 Å². The third-order valence-electron chi connectivity index (χ3n) is 3.18. The smallest absolute Gasteiger partial charge is 0.279 e. The summed E-state index contributed by atoms with van der Waals surface area (Å²) >= 11 is 0. The average molecular weight is 317 g/mol. The van der Waals surface area contributed by atoms with E-state index < -0.39 is 10.2 Å². The minimum absolute atomic E-state index is 0.385. The van der Waals surface area contributed by atoms with Crippen LogP contribution in [-0.4, -0.2) is 39.4 Å². The van der Waals surface area contributed by atoms with Gasteiger partial charge < -0.3 is 9.73 Å². The second kappa shape index (κ2) is 8.53. The molecule has 0 fully saturated rings. The number of hydrogen-bond donors (Lipinski definition) is 2. The Morgan fingerprint density at radius 3 is 2.62 bits per heavy atom. The monoisotopic (exact) mass is 317 g/mol. The quantitative estimate of drug-likeness (QED) is 0.645. The number of furan rings is 1.